The van der Waals surface area contributed by atoms with Crippen LogP contribution in [0.4, 0.5) is 0 Å². The standard InChI is InChI=1S/C19H17BrN2O2S/c1-3-11-22-16-10-9-15(24-4-2)12-17(16)25-19(22)21-18(23)13-5-7-14(20)8-6-13/h3,5-10,12H,1,4,11H2,2H3. The molecule has 0 unspecified atom stereocenters. The van der Waals surface area contributed by atoms with E-state index in [4.69, 9.17) is 4.74 Å². The minimum Gasteiger partial charge on any atom is -0.494 e. The van der Waals surface area contributed by atoms with Crippen LogP contribution in [0.1, 0.15) is 17.3 Å². The molecular formula is C19H17BrN2O2S. The normalized spacial score (nSPS) is 11.7. The Kier molecular flexibility index (Phi) is 5.50. The van der Waals surface area contributed by atoms with Crippen LogP contribution >= 0.6 is 27.3 Å². The maximum Gasteiger partial charge on any atom is 0.279 e. The first-order valence-electron chi connectivity index (χ1n) is 7.84. The topological polar surface area (TPSA) is 43.6 Å². The Labute approximate surface area is 158 Å². The third kappa shape index (κ3) is 3.91. The van der Waals surface area contributed by atoms with E-state index >= 15 is 0 Å². The van der Waals surface area contributed by atoms with E-state index in [9.17, 15) is 4.79 Å². The number of halogens is 1. The van der Waals surface area contributed by atoms with Gasteiger partial charge in [0.05, 0.1) is 16.8 Å². The maximum atomic E-state index is 12.5. The number of allylic oxidation sites excluding steroid dienone is 1. The van der Waals surface area contributed by atoms with Crippen molar-refractivity contribution in [1.29, 1.82) is 0 Å². The summed E-state index contributed by atoms with van der Waals surface area (Å²) in [6, 6.07) is 13.1. The van der Waals surface area contributed by atoms with Gasteiger partial charge in [-0.15, -0.1) is 6.58 Å². The van der Waals surface area contributed by atoms with Crippen LogP contribution in [0.5, 0.6) is 5.75 Å². The lowest BCUT2D eigenvalue weighted by atomic mass is 10.2. The van der Waals surface area contributed by atoms with Gasteiger partial charge in [-0.05, 0) is 49.4 Å². The van der Waals surface area contributed by atoms with Crippen molar-refractivity contribution in [2.24, 2.45) is 4.99 Å². The van der Waals surface area contributed by atoms with Crippen molar-refractivity contribution in [2.75, 3.05) is 6.61 Å². The third-order valence-electron chi connectivity index (χ3n) is 3.57. The molecule has 3 aromatic rings. The number of ether oxygens (including phenoxy) is 1. The first kappa shape index (κ1) is 17.6. The predicted molar refractivity (Wildman–Crippen MR) is 105 cm³/mol. The molecule has 0 spiro atoms. The van der Waals surface area contributed by atoms with Crippen LogP contribution in [0.3, 0.4) is 0 Å². The lowest BCUT2D eigenvalue weighted by molar-refractivity contribution is 0.0998. The number of fused-ring (bicyclic) bond motifs is 1. The molecule has 0 N–H and O–H groups in total. The summed E-state index contributed by atoms with van der Waals surface area (Å²) in [7, 11) is 0. The van der Waals surface area contributed by atoms with Crippen LogP contribution in [-0.4, -0.2) is 17.1 Å². The van der Waals surface area contributed by atoms with E-state index in [2.05, 4.69) is 27.5 Å². The van der Waals surface area contributed by atoms with E-state index < -0.39 is 0 Å². The zero-order chi connectivity index (χ0) is 17.8. The molecule has 0 saturated heterocycles. The highest BCUT2D eigenvalue weighted by molar-refractivity contribution is 9.10. The number of hydrogen-bond acceptors (Lipinski definition) is 3. The van der Waals surface area contributed by atoms with Crippen LogP contribution in [-0.2, 0) is 6.54 Å². The van der Waals surface area contributed by atoms with Crippen LogP contribution in [0, 0.1) is 0 Å². The Morgan fingerprint density at radius 2 is 2.08 bits per heavy atom. The number of hydrogen-bond donors (Lipinski definition) is 0. The van der Waals surface area contributed by atoms with Crippen molar-refractivity contribution < 1.29 is 9.53 Å². The summed E-state index contributed by atoms with van der Waals surface area (Å²) in [5.41, 5.74) is 1.57. The molecule has 0 fully saturated rings. The van der Waals surface area contributed by atoms with E-state index in [0.29, 0.717) is 23.5 Å². The molecule has 0 aliphatic rings. The SMILES string of the molecule is C=CCn1c(=NC(=O)c2ccc(Br)cc2)sc2cc(OCC)ccc21. The second-order valence-electron chi connectivity index (χ2n) is 5.27. The molecule has 0 bridgehead atoms. The molecule has 3 rings (SSSR count). The average molecular weight is 417 g/mol. The van der Waals surface area contributed by atoms with Gasteiger partial charge in [0.25, 0.3) is 5.91 Å². The molecule has 1 amide bonds. The van der Waals surface area contributed by atoms with Crippen molar-refractivity contribution in [3.63, 3.8) is 0 Å². The third-order valence-corrected chi connectivity index (χ3v) is 5.14. The first-order chi connectivity index (χ1) is 12.1. The Balaban J connectivity index is 2.09. The van der Waals surface area contributed by atoms with E-state index in [1.165, 1.54) is 11.3 Å². The Morgan fingerprint density at radius 3 is 2.76 bits per heavy atom. The highest BCUT2D eigenvalue weighted by Gasteiger charge is 2.09. The predicted octanol–water partition coefficient (Wildman–Crippen LogP) is 4.79. The molecule has 1 heterocycles. The molecule has 6 heteroatoms. The van der Waals surface area contributed by atoms with Crippen molar-refractivity contribution in [2.45, 2.75) is 13.5 Å². The van der Waals surface area contributed by atoms with Crippen LogP contribution in [0.15, 0.2) is 64.6 Å². The molecule has 0 aliphatic heterocycles. The molecule has 25 heavy (non-hydrogen) atoms. The molecular weight excluding hydrogens is 400 g/mol. The fraction of sp³-hybridized carbons (Fsp3) is 0.158. The van der Waals surface area contributed by atoms with Gasteiger partial charge < -0.3 is 9.30 Å². The van der Waals surface area contributed by atoms with Crippen molar-refractivity contribution in [3.8, 4) is 5.75 Å². The largest absolute Gasteiger partial charge is 0.494 e. The van der Waals surface area contributed by atoms with E-state index in [1.54, 1.807) is 18.2 Å². The van der Waals surface area contributed by atoms with Crippen molar-refractivity contribution >= 4 is 43.4 Å². The van der Waals surface area contributed by atoms with E-state index in [-0.39, 0.29) is 5.91 Å². The number of thiazole rings is 1. The molecule has 4 nitrogen and oxygen atoms in total. The lowest BCUT2D eigenvalue weighted by Gasteiger charge is -2.04. The monoisotopic (exact) mass is 416 g/mol. The number of nitrogens with zero attached hydrogens (tertiary/aromatic N) is 2. The minimum atomic E-state index is -0.262. The maximum absolute atomic E-state index is 12.5. The van der Waals surface area contributed by atoms with Crippen molar-refractivity contribution in [3.05, 3.63) is 70.0 Å². The number of aromatic nitrogens is 1. The highest BCUT2D eigenvalue weighted by Crippen LogP contribution is 2.23. The second kappa shape index (κ2) is 7.80. The summed E-state index contributed by atoms with van der Waals surface area (Å²) in [6.45, 7) is 6.95. The fourth-order valence-corrected chi connectivity index (χ4v) is 3.78. The zero-order valence-corrected chi connectivity index (χ0v) is 16.1. The molecule has 0 radical (unpaired) electrons. The second-order valence-corrected chi connectivity index (χ2v) is 7.20. The number of benzene rings is 2. The molecule has 1 aromatic heterocycles. The van der Waals surface area contributed by atoms with Crippen LogP contribution in [0.25, 0.3) is 10.2 Å². The summed E-state index contributed by atoms with van der Waals surface area (Å²) in [5, 5.41) is 0. The number of rotatable bonds is 5. The van der Waals surface area contributed by atoms with Crippen LogP contribution < -0.4 is 9.54 Å². The van der Waals surface area contributed by atoms with Crippen LogP contribution in [0.2, 0.25) is 0 Å². The molecule has 128 valence electrons. The van der Waals surface area contributed by atoms with E-state index in [1.807, 2.05) is 41.8 Å². The highest BCUT2D eigenvalue weighted by atomic mass is 79.9. The van der Waals surface area contributed by atoms with E-state index in [0.717, 1.165) is 20.4 Å². The van der Waals surface area contributed by atoms with Gasteiger partial charge in [-0.1, -0.05) is 33.3 Å². The minimum absolute atomic E-state index is 0.262. The van der Waals surface area contributed by atoms with Gasteiger partial charge in [-0.3, -0.25) is 4.79 Å². The Hall–Kier alpha value is -2.18. The molecule has 0 saturated carbocycles. The van der Waals surface area contributed by atoms with Gasteiger partial charge in [-0.25, -0.2) is 0 Å². The van der Waals surface area contributed by atoms with Gasteiger partial charge in [0.1, 0.15) is 5.75 Å². The first-order valence-corrected chi connectivity index (χ1v) is 9.45. The quantitative estimate of drug-likeness (QED) is 0.561. The lowest BCUT2D eigenvalue weighted by Crippen LogP contribution is -2.16. The number of carbonyl (C=O) groups excluding carboxylic acids is 1. The Morgan fingerprint density at radius 1 is 1.32 bits per heavy atom. The molecule has 0 atom stereocenters. The Bertz CT molecular complexity index is 987. The summed E-state index contributed by atoms with van der Waals surface area (Å²) in [5.74, 6) is 0.551. The van der Waals surface area contributed by atoms with Gasteiger partial charge in [0.2, 0.25) is 0 Å². The summed E-state index contributed by atoms with van der Waals surface area (Å²) >= 11 is 4.84. The molecule has 2 aromatic carbocycles. The van der Waals surface area contributed by atoms with Gasteiger partial charge in [0.15, 0.2) is 4.80 Å². The van der Waals surface area contributed by atoms with Gasteiger partial charge in [-0.2, -0.15) is 4.99 Å². The average Bonchev–Trinajstić information content (AvgIpc) is 2.93. The fourth-order valence-electron chi connectivity index (χ4n) is 2.44. The van der Waals surface area contributed by atoms with Gasteiger partial charge in [0, 0.05) is 16.6 Å². The van der Waals surface area contributed by atoms with Gasteiger partial charge >= 0.3 is 0 Å². The summed E-state index contributed by atoms with van der Waals surface area (Å²) in [4.78, 5) is 17.5. The number of amides is 1. The zero-order valence-electron chi connectivity index (χ0n) is 13.7. The van der Waals surface area contributed by atoms with Crippen molar-refractivity contribution in [1.82, 2.24) is 4.57 Å². The molecule has 0 aliphatic carbocycles. The summed E-state index contributed by atoms with van der Waals surface area (Å²) in [6.07, 6.45) is 1.80. The smallest absolute Gasteiger partial charge is 0.279 e. The number of carbonyl (C=O) groups is 1. The summed E-state index contributed by atoms with van der Waals surface area (Å²) < 4.78 is 9.50.